The van der Waals surface area contributed by atoms with E-state index in [9.17, 15) is 9.59 Å². The molecule has 2 aromatic rings. The molecule has 2 amide bonds. The number of aryl methyl sites for hydroxylation is 3. The molecule has 2 aromatic carbocycles. The number of hydrogen-bond donors (Lipinski definition) is 1. The normalized spacial score (nSPS) is 10.4. The second-order valence-electron chi connectivity index (χ2n) is 6.45. The van der Waals surface area contributed by atoms with Crippen molar-refractivity contribution in [3.63, 3.8) is 0 Å². The van der Waals surface area contributed by atoms with Crippen molar-refractivity contribution < 1.29 is 9.59 Å². The lowest BCUT2D eigenvalue weighted by atomic mass is 10.1. The molecule has 0 aliphatic rings. The summed E-state index contributed by atoms with van der Waals surface area (Å²) in [6, 6.07) is 13.6. The number of rotatable bonds is 6. The van der Waals surface area contributed by atoms with Crippen molar-refractivity contribution in [2.45, 2.75) is 33.1 Å². The van der Waals surface area contributed by atoms with Crippen LogP contribution in [-0.2, 0) is 17.6 Å². The summed E-state index contributed by atoms with van der Waals surface area (Å²) in [7, 11) is 3.46. The Kier molecular flexibility index (Phi) is 6.34. The molecule has 0 unspecified atom stereocenters. The van der Waals surface area contributed by atoms with Crippen LogP contribution in [-0.4, -0.2) is 30.8 Å². The molecular formula is C21H26N2O2. The third kappa shape index (κ3) is 5.18. The lowest BCUT2D eigenvalue weighted by Crippen LogP contribution is -2.21. The highest BCUT2D eigenvalue weighted by Gasteiger charge is 2.09. The first-order valence-corrected chi connectivity index (χ1v) is 8.60. The Labute approximate surface area is 149 Å². The fraction of sp³-hybridized carbons (Fsp3) is 0.333. The molecule has 0 saturated heterocycles. The van der Waals surface area contributed by atoms with E-state index in [1.807, 2.05) is 43.3 Å². The van der Waals surface area contributed by atoms with Crippen molar-refractivity contribution >= 4 is 17.5 Å². The summed E-state index contributed by atoms with van der Waals surface area (Å²) in [5.41, 5.74) is 4.87. The molecule has 0 aliphatic heterocycles. The number of carbonyl (C=O) groups excluding carboxylic acids is 2. The molecule has 4 nitrogen and oxygen atoms in total. The molecule has 0 fully saturated rings. The molecule has 2 rings (SSSR count). The van der Waals surface area contributed by atoms with Crippen molar-refractivity contribution in [3.8, 4) is 0 Å². The Morgan fingerprint density at radius 1 is 1.00 bits per heavy atom. The summed E-state index contributed by atoms with van der Waals surface area (Å²) in [5.74, 6) is -0.0135. The van der Waals surface area contributed by atoms with Gasteiger partial charge in [-0.05, 0) is 54.7 Å². The Morgan fingerprint density at radius 2 is 1.64 bits per heavy atom. The van der Waals surface area contributed by atoms with Gasteiger partial charge in [-0.15, -0.1) is 0 Å². The van der Waals surface area contributed by atoms with E-state index < -0.39 is 0 Å². The number of anilines is 1. The molecule has 0 spiro atoms. The molecule has 0 atom stereocenters. The fourth-order valence-electron chi connectivity index (χ4n) is 2.57. The van der Waals surface area contributed by atoms with Crippen LogP contribution in [0.15, 0.2) is 42.5 Å². The predicted molar refractivity (Wildman–Crippen MR) is 102 cm³/mol. The minimum absolute atomic E-state index is 0.00444. The summed E-state index contributed by atoms with van der Waals surface area (Å²) in [6.07, 6.45) is 2.01. The highest BCUT2D eigenvalue weighted by molar-refractivity contribution is 5.94. The zero-order chi connectivity index (χ0) is 18.4. The van der Waals surface area contributed by atoms with Crippen LogP contribution in [0.2, 0.25) is 0 Å². The second kappa shape index (κ2) is 8.47. The first-order valence-electron chi connectivity index (χ1n) is 8.60. The number of nitrogens with zero attached hydrogens (tertiary/aromatic N) is 1. The molecular weight excluding hydrogens is 312 g/mol. The number of hydrogen-bond acceptors (Lipinski definition) is 2. The average molecular weight is 338 g/mol. The van der Waals surface area contributed by atoms with E-state index in [-0.39, 0.29) is 11.8 Å². The van der Waals surface area contributed by atoms with Crippen LogP contribution in [0.3, 0.4) is 0 Å². The van der Waals surface area contributed by atoms with E-state index in [1.165, 1.54) is 5.56 Å². The van der Waals surface area contributed by atoms with Crippen LogP contribution in [0.1, 0.15) is 40.4 Å². The largest absolute Gasteiger partial charge is 0.345 e. The van der Waals surface area contributed by atoms with Crippen molar-refractivity contribution in [1.82, 2.24) is 4.90 Å². The quantitative estimate of drug-likeness (QED) is 0.870. The van der Waals surface area contributed by atoms with E-state index in [0.29, 0.717) is 18.4 Å². The molecule has 132 valence electrons. The highest BCUT2D eigenvalue weighted by atomic mass is 16.2. The summed E-state index contributed by atoms with van der Waals surface area (Å²) in [6.45, 7) is 4.09. The molecule has 25 heavy (non-hydrogen) atoms. The van der Waals surface area contributed by atoms with Gasteiger partial charge in [-0.3, -0.25) is 9.59 Å². The molecule has 0 bridgehead atoms. The van der Waals surface area contributed by atoms with Gasteiger partial charge >= 0.3 is 0 Å². The predicted octanol–water partition coefficient (Wildman–Crippen LogP) is 3.83. The summed E-state index contributed by atoms with van der Waals surface area (Å²) < 4.78 is 0. The molecule has 0 radical (unpaired) electrons. The maximum Gasteiger partial charge on any atom is 0.253 e. The van der Waals surface area contributed by atoms with Gasteiger partial charge in [0.25, 0.3) is 5.91 Å². The first-order chi connectivity index (χ1) is 11.9. The van der Waals surface area contributed by atoms with Gasteiger partial charge in [-0.2, -0.15) is 0 Å². The van der Waals surface area contributed by atoms with Crippen LogP contribution in [0.4, 0.5) is 5.69 Å². The molecule has 0 aromatic heterocycles. The Morgan fingerprint density at radius 3 is 2.24 bits per heavy atom. The van der Waals surface area contributed by atoms with E-state index in [0.717, 1.165) is 23.2 Å². The molecule has 1 N–H and O–H groups in total. The zero-order valence-corrected chi connectivity index (χ0v) is 15.4. The van der Waals surface area contributed by atoms with Crippen molar-refractivity contribution in [3.05, 3.63) is 64.7 Å². The smallest absolute Gasteiger partial charge is 0.253 e. The first kappa shape index (κ1) is 18.7. The third-order valence-electron chi connectivity index (χ3n) is 4.23. The molecule has 0 heterocycles. The van der Waals surface area contributed by atoms with Gasteiger partial charge in [-0.25, -0.2) is 0 Å². The minimum Gasteiger partial charge on any atom is -0.345 e. The highest BCUT2D eigenvalue weighted by Crippen LogP contribution is 2.18. The van der Waals surface area contributed by atoms with Gasteiger partial charge in [0.15, 0.2) is 0 Å². The van der Waals surface area contributed by atoms with Crippen molar-refractivity contribution in [1.29, 1.82) is 0 Å². The maximum absolute atomic E-state index is 12.2. The van der Waals surface area contributed by atoms with Gasteiger partial charge in [-0.1, -0.05) is 31.2 Å². The average Bonchev–Trinajstić information content (AvgIpc) is 2.61. The van der Waals surface area contributed by atoms with Crippen molar-refractivity contribution in [2.24, 2.45) is 0 Å². The van der Waals surface area contributed by atoms with Gasteiger partial charge in [0.1, 0.15) is 0 Å². The Bertz CT molecular complexity index is 749. The van der Waals surface area contributed by atoms with Gasteiger partial charge < -0.3 is 10.2 Å². The monoisotopic (exact) mass is 338 g/mol. The van der Waals surface area contributed by atoms with Crippen LogP contribution < -0.4 is 5.32 Å². The van der Waals surface area contributed by atoms with E-state index in [1.54, 1.807) is 19.0 Å². The van der Waals surface area contributed by atoms with Gasteiger partial charge in [0.05, 0.1) is 0 Å². The Hall–Kier alpha value is -2.62. The van der Waals surface area contributed by atoms with E-state index in [2.05, 4.69) is 18.3 Å². The van der Waals surface area contributed by atoms with Crippen LogP contribution >= 0.6 is 0 Å². The number of nitrogens with one attached hydrogen (secondary N) is 1. The molecule has 0 saturated carbocycles. The van der Waals surface area contributed by atoms with Gasteiger partial charge in [0.2, 0.25) is 5.91 Å². The minimum atomic E-state index is -0.0180. The number of carbonyl (C=O) groups is 2. The van der Waals surface area contributed by atoms with Crippen LogP contribution in [0.5, 0.6) is 0 Å². The zero-order valence-electron chi connectivity index (χ0n) is 15.4. The van der Waals surface area contributed by atoms with E-state index >= 15 is 0 Å². The Balaban J connectivity index is 1.93. The summed E-state index contributed by atoms with van der Waals surface area (Å²) >= 11 is 0. The second-order valence-corrected chi connectivity index (χ2v) is 6.45. The van der Waals surface area contributed by atoms with Gasteiger partial charge in [0, 0.05) is 31.8 Å². The van der Waals surface area contributed by atoms with E-state index in [4.69, 9.17) is 0 Å². The van der Waals surface area contributed by atoms with Crippen LogP contribution in [0, 0.1) is 6.92 Å². The number of benzene rings is 2. The standard InChI is InChI=1S/C21H26N2O2/c1-5-16-7-6-15(2)19(14-16)22-20(24)13-10-17-8-11-18(12-9-17)21(25)23(3)4/h6-9,11-12,14H,5,10,13H2,1-4H3,(H,22,24). The molecule has 0 aliphatic carbocycles. The maximum atomic E-state index is 12.2. The molecule has 4 heteroatoms. The SMILES string of the molecule is CCc1ccc(C)c(NC(=O)CCc2ccc(C(=O)N(C)C)cc2)c1. The third-order valence-corrected chi connectivity index (χ3v) is 4.23. The summed E-state index contributed by atoms with van der Waals surface area (Å²) in [5, 5.41) is 3.00. The number of amides is 2. The summed E-state index contributed by atoms with van der Waals surface area (Å²) in [4.78, 5) is 25.7. The topological polar surface area (TPSA) is 49.4 Å². The van der Waals surface area contributed by atoms with Crippen molar-refractivity contribution in [2.75, 3.05) is 19.4 Å². The lowest BCUT2D eigenvalue weighted by Gasteiger charge is -2.11. The lowest BCUT2D eigenvalue weighted by molar-refractivity contribution is -0.116. The van der Waals surface area contributed by atoms with Crippen LogP contribution in [0.25, 0.3) is 0 Å². The fourth-order valence-corrected chi connectivity index (χ4v) is 2.57.